The number of hydrogen-bond donors (Lipinski definition) is 1. The summed E-state index contributed by atoms with van der Waals surface area (Å²) in [5.41, 5.74) is 2.36. The number of hydrogen-bond acceptors (Lipinski definition) is 3. The van der Waals surface area contributed by atoms with Crippen LogP contribution in [0.5, 0.6) is 5.75 Å². The van der Waals surface area contributed by atoms with Gasteiger partial charge in [-0.3, -0.25) is 4.79 Å². The van der Waals surface area contributed by atoms with Crippen molar-refractivity contribution in [1.29, 1.82) is 0 Å². The van der Waals surface area contributed by atoms with E-state index in [1.54, 1.807) is 0 Å². The molecule has 1 N–H and O–H groups in total. The van der Waals surface area contributed by atoms with Gasteiger partial charge >= 0.3 is 5.97 Å². The summed E-state index contributed by atoms with van der Waals surface area (Å²) in [4.78, 5) is 14.2. The van der Waals surface area contributed by atoms with Crippen molar-refractivity contribution >= 4 is 28.6 Å². The molecule has 0 fully saturated rings. The number of carbonyl (C=O) groups is 1. The third-order valence-electron chi connectivity index (χ3n) is 2.72. The molecule has 1 aromatic carbocycles. The topological polar surface area (TPSA) is 42.1 Å². The summed E-state index contributed by atoms with van der Waals surface area (Å²) in [6.45, 7) is 3.58. The van der Waals surface area contributed by atoms with E-state index in [1.165, 1.54) is 12.5 Å². The van der Waals surface area contributed by atoms with Crippen LogP contribution in [0.1, 0.15) is 19.4 Å². The van der Waals surface area contributed by atoms with Crippen molar-refractivity contribution in [2.75, 3.05) is 11.5 Å². The molecule has 0 radical (unpaired) electrons. The van der Waals surface area contributed by atoms with Crippen LogP contribution in [-0.4, -0.2) is 22.5 Å². The first-order valence-electron chi connectivity index (χ1n) is 6.07. The molecule has 0 amide bonds. The van der Waals surface area contributed by atoms with Gasteiger partial charge in [-0.2, -0.15) is 11.8 Å². The van der Waals surface area contributed by atoms with Crippen molar-refractivity contribution in [3.05, 3.63) is 30.0 Å². The fourth-order valence-corrected chi connectivity index (χ4v) is 2.57. The van der Waals surface area contributed by atoms with Crippen molar-refractivity contribution in [3.8, 4) is 5.75 Å². The lowest BCUT2D eigenvalue weighted by atomic mass is 10.1. The Bertz CT molecular complexity index is 548. The highest BCUT2D eigenvalue weighted by Crippen LogP contribution is 2.24. The predicted octanol–water partition coefficient (Wildman–Crippen LogP) is 3.39. The molecule has 2 aromatic rings. The maximum Gasteiger partial charge on any atom is 0.308 e. The number of esters is 1. The lowest BCUT2D eigenvalue weighted by molar-refractivity contribution is -0.131. The van der Waals surface area contributed by atoms with Gasteiger partial charge in [-0.25, -0.2) is 0 Å². The van der Waals surface area contributed by atoms with Gasteiger partial charge in [0.2, 0.25) is 0 Å². The van der Waals surface area contributed by atoms with E-state index in [-0.39, 0.29) is 5.97 Å². The zero-order valence-corrected chi connectivity index (χ0v) is 11.5. The number of aryl methyl sites for hydroxylation is 1. The number of ether oxygens (including phenoxy) is 1. The number of H-pyrrole nitrogens is 1. The lowest BCUT2D eigenvalue weighted by Gasteiger charge is -2.02. The van der Waals surface area contributed by atoms with Gasteiger partial charge < -0.3 is 9.72 Å². The first kappa shape index (κ1) is 13.0. The first-order chi connectivity index (χ1) is 8.70. The van der Waals surface area contributed by atoms with Crippen LogP contribution in [0.3, 0.4) is 0 Å². The average molecular weight is 263 g/mol. The monoisotopic (exact) mass is 263 g/mol. The third kappa shape index (κ3) is 3.07. The second-order valence-electron chi connectivity index (χ2n) is 4.06. The zero-order valence-electron chi connectivity index (χ0n) is 10.7. The van der Waals surface area contributed by atoms with Gasteiger partial charge in [0.25, 0.3) is 0 Å². The van der Waals surface area contributed by atoms with Gasteiger partial charge in [-0.1, -0.05) is 6.92 Å². The third-order valence-corrected chi connectivity index (χ3v) is 3.62. The Morgan fingerprint density at radius 1 is 1.44 bits per heavy atom. The molecule has 3 nitrogen and oxygen atoms in total. The highest BCUT2D eigenvalue weighted by Gasteiger charge is 2.06. The van der Waals surface area contributed by atoms with Gasteiger partial charge in [0.05, 0.1) is 0 Å². The molecule has 0 aliphatic heterocycles. The fraction of sp³-hybridized carbons (Fsp3) is 0.357. The Morgan fingerprint density at radius 2 is 2.28 bits per heavy atom. The molecule has 1 aromatic heterocycles. The number of fused-ring (bicyclic) bond motifs is 1. The molecule has 0 saturated heterocycles. The summed E-state index contributed by atoms with van der Waals surface area (Å²) < 4.78 is 5.11. The quantitative estimate of drug-likeness (QED) is 0.511. The molecular weight excluding hydrogens is 246 g/mol. The molecule has 0 aliphatic carbocycles. The van der Waals surface area contributed by atoms with E-state index >= 15 is 0 Å². The Labute approximate surface area is 111 Å². The van der Waals surface area contributed by atoms with Gasteiger partial charge in [-0.05, 0) is 41.7 Å². The minimum atomic E-state index is -0.284. The second kappa shape index (κ2) is 5.96. The van der Waals surface area contributed by atoms with Crippen molar-refractivity contribution in [3.63, 3.8) is 0 Å². The van der Waals surface area contributed by atoms with Crippen molar-refractivity contribution in [2.24, 2.45) is 0 Å². The van der Waals surface area contributed by atoms with Crippen molar-refractivity contribution in [1.82, 2.24) is 4.98 Å². The molecule has 2 rings (SSSR count). The van der Waals surface area contributed by atoms with Gasteiger partial charge in [0.1, 0.15) is 5.75 Å². The van der Waals surface area contributed by atoms with Crippen LogP contribution >= 0.6 is 11.8 Å². The minimum absolute atomic E-state index is 0.284. The molecule has 4 heteroatoms. The number of nitrogens with one attached hydrogen (secondary N) is 1. The standard InChI is InChI=1S/C14H17NO2S/c1-3-18-7-6-11-9-15-14-5-4-12(8-13(11)14)17-10(2)16/h4-5,8-9,15H,3,6-7H2,1-2H3. The number of rotatable bonds is 5. The number of aromatic nitrogens is 1. The van der Waals surface area contributed by atoms with Crippen LogP contribution < -0.4 is 4.74 Å². The average Bonchev–Trinajstić information content (AvgIpc) is 2.72. The summed E-state index contributed by atoms with van der Waals surface area (Å²) in [7, 11) is 0. The number of aromatic amines is 1. The van der Waals surface area contributed by atoms with Crippen LogP contribution in [0.4, 0.5) is 0 Å². The maximum atomic E-state index is 10.9. The number of benzene rings is 1. The van der Waals surface area contributed by atoms with Crippen LogP contribution in [-0.2, 0) is 11.2 Å². The molecule has 96 valence electrons. The van der Waals surface area contributed by atoms with Crippen LogP contribution in [0.2, 0.25) is 0 Å². The van der Waals surface area contributed by atoms with E-state index in [0.717, 1.165) is 28.8 Å². The van der Waals surface area contributed by atoms with E-state index in [9.17, 15) is 4.79 Å². The fourth-order valence-electron chi connectivity index (χ4n) is 1.92. The Morgan fingerprint density at radius 3 is 3.00 bits per heavy atom. The molecule has 0 spiro atoms. The molecule has 0 aliphatic rings. The first-order valence-corrected chi connectivity index (χ1v) is 7.22. The summed E-state index contributed by atoms with van der Waals surface area (Å²) in [5.74, 6) is 2.58. The van der Waals surface area contributed by atoms with Gasteiger partial charge in [0.15, 0.2) is 0 Å². The lowest BCUT2D eigenvalue weighted by Crippen LogP contribution is -2.00. The Hall–Kier alpha value is -1.42. The zero-order chi connectivity index (χ0) is 13.0. The second-order valence-corrected chi connectivity index (χ2v) is 5.46. The highest BCUT2D eigenvalue weighted by atomic mass is 32.2. The molecule has 0 saturated carbocycles. The SMILES string of the molecule is CCSCCc1c[nH]c2ccc(OC(C)=O)cc12. The highest BCUT2D eigenvalue weighted by molar-refractivity contribution is 7.99. The van der Waals surface area contributed by atoms with Crippen molar-refractivity contribution in [2.45, 2.75) is 20.3 Å². The Balaban J connectivity index is 2.22. The molecule has 0 atom stereocenters. The largest absolute Gasteiger partial charge is 0.427 e. The van der Waals surface area contributed by atoms with Crippen LogP contribution in [0.15, 0.2) is 24.4 Å². The van der Waals surface area contributed by atoms with E-state index < -0.39 is 0 Å². The molecule has 0 unspecified atom stereocenters. The van der Waals surface area contributed by atoms with Crippen molar-refractivity contribution < 1.29 is 9.53 Å². The smallest absolute Gasteiger partial charge is 0.308 e. The Kier molecular flexibility index (Phi) is 4.31. The number of carbonyl (C=O) groups excluding carboxylic acids is 1. The van der Waals surface area contributed by atoms with Gasteiger partial charge in [0, 0.05) is 24.0 Å². The van der Waals surface area contributed by atoms with Gasteiger partial charge in [-0.15, -0.1) is 0 Å². The van der Waals surface area contributed by atoms with E-state index in [0.29, 0.717) is 5.75 Å². The number of thioether (sulfide) groups is 1. The van der Waals surface area contributed by atoms with E-state index in [1.807, 2.05) is 36.2 Å². The molecule has 18 heavy (non-hydrogen) atoms. The maximum absolute atomic E-state index is 10.9. The summed E-state index contributed by atoms with van der Waals surface area (Å²) in [5, 5.41) is 1.14. The molecule has 1 heterocycles. The molecule has 0 bridgehead atoms. The summed E-state index contributed by atoms with van der Waals surface area (Å²) in [6.07, 6.45) is 3.07. The normalized spacial score (nSPS) is 10.8. The minimum Gasteiger partial charge on any atom is -0.427 e. The van der Waals surface area contributed by atoms with E-state index in [2.05, 4.69) is 11.9 Å². The summed E-state index contributed by atoms with van der Waals surface area (Å²) >= 11 is 1.93. The van der Waals surface area contributed by atoms with E-state index in [4.69, 9.17) is 4.74 Å². The summed E-state index contributed by atoms with van der Waals surface area (Å²) in [6, 6.07) is 5.69. The van der Waals surface area contributed by atoms with Crippen LogP contribution in [0.25, 0.3) is 10.9 Å². The van der Waals surface area contributed by atoms with Crippen LogP contribution in [0, 0.1) is 0 Å². The molecular formula is C14H17NO2S. The predicted molar refractivity (Wildman–Crippen MR) is 76.3 cm³/mol.